The first kappa shape index (κ1) is 17.3. The molecule has 0 aliphatic rings. The Morgan fingerprint density at radius 3 is 2.83 bits per heavy atom. The minimum Gasteiger partial charge on any atom is -0.383 e. The third-order valence-electron chi connectivity index (χ3n) is 3.07. The number of anilines is 1. The normalized spacial score (nSPS) is 10.6. The van der Waals surface area contributed by atoms with Crippen molar-refractivity contribution in [3.63, 3.8) is 0 Å². The summed E-state index contributed by atoms with van der Waals surface area (Å²) in [5, 5.41) is 3.42. The number of aromatic nitrogens is 2. The van der Waals surface area contributed by atoms with Crippen LogP contribution in [0.5, 0.6) is 0 Å². The van der Waals surface area contributed by atoms with Crippen LogP contribution in [0, 0.1) is 5.82 Å². The van der Waals surface area contributed by atoms with Crippen LogP contribution in [-0.4, -0.2) is 49.1 Å². The van der Waals surface area contributed by atoms with Crippen molar-refractivity contribution in [2.24, 2.45) is 0 Å². The smallest absolute Gasteiger partial charge is 0.239 e. The van der Waals surface area contributed by atoms with E-state index < -0.39 is 0 Å². The van der Waals surface area contributed by atoms with Crippen molar-refractivity contribution in [3.05, 3.63) is 41.5 Å². The molecule has 0 fully saturated rings. The van der Waals surface area contributed by atoms with Gasteiger partial charge >= 0.3 is 0 Å². The number of ether oxygens (including phenoxy) is 1. The predicted molar refractivity (Wildman–Crippen MR) is 87.3 cm³/mol. The van der Waals surface area contributed by atoms with Crippen LogP contribution in [0.4, 0.5) is 9.52 Å². The van der Waals surface area contributed by atoms with Gasteiger partial charge in [-0.15, -0.1) is 0 Å². The molecule has 6 nitrogen and oxygen atoms in total. The van der Waals surface area contributed by atoms with Crippen molar-refractivity contribution >= 4 is 22.6 Å². The van der Waals surface area contributed by atoms with Crippen molar-refractivity contribution < 1.29 is 13.9 Å². The van der Waals surface area contributed by atoms with Crippen molar-refractivity contribution in [2.75, 3.05) is 38.8 Å². The average Bonchev–Trinajstić information content (AvgIpc) is 2.98. The van der Waals surface area contributed by atoms with E-state index in [2.05, 4.69) is 14.7 Å². The van der Waals surface area contributed by atoms with Gasteiger partial charge in [-0.1, -0.05) is 12.1 Å². The highest BCUT2D eigenvalue weighted by Crippen LogP contribution is 2.17. The van der Waals surface area contributed by atoms with Crippen molar-refractivity contribution in [3.8, 4) is 0 Å². The van der Waals surface area contributed by atoms with Gasteiger partial charge in [0.05, 0.1) is 13.2 Å². The zero-order valence-corrected chi connectivity index (χ0v) is 13.9. The molecule has 124 valence electrons. The molecule has 2 aromatic rings. The number of methoxy groups -OCH3 is 1. The second kappa shape index (κ2) is 8.54. The van der Waals surface area contributed by atoms with Crippen molar-refractivity contribution in [2.45, 2.75) is 6.42 Å². The largest absolute Gasteiger partial charge is 0.383 e. The van der Waals surface area contributed by atoms with Crippen LogP contribution >= 0.6 is 11.5 Å². The van der Waals surface area contributed by atoms with Crippen LogP contribution < -0.4 is 10.2 Å². The molecule has 1 amide bonds. The molecular formula is C15H19FN4O2S. The summed E-state index contributed by atoms with van der Waals surface area (Å²) >= 11 is 1.24. The quantitative estimate of drug-likeness (QED) is 0.738. The Morgan fingerprint density at radius 2 is 2.13 bits per heavy atom. The molecule has 2 rings (SSSR count). The van der Waals surface area contributed by atoms with Crippen LogP contribution in [-0.2, 0) is 16.0 Å². The Bertz CT molecular complexity index is 633. The number of rotatable bonds is 8. The van der Waals surface area contributed by atoms with E-state index in [4.69, 9.17) is 4.74 Å². The first-order valence-corrected chi connectivity index (χ1v) is 7.89. The SMILES string of the molecule is COCCNC(=O)CN(C)c1nc(Cc2ccc(F)cc2)ns1. The predicted octanol–water partition coefficient (Wildman–Crippen LogP) is 1.47. The zero-order valence-electron chi connectivity index (χ0n) is 13.1. The van der Waals surface area contributed by atoms with E-state index >= 15 is 0 Å². The Morgan fingerprint density at radius 1 is 1.39 bits per heavy atom. The molecule has 0 bridgehead atoms. The maximum atomic E-state index is 12.9. The Balaban J connectivity index is 1.87. The summed E-state index contributed by atoms with van der Waals surface area (Å²) in [4.78, 5) is 17.9. The molecule has 0 radical (unpaired) electrons. The number of hydrogen-bond acceptors (Lipinski definition) is 6. The maximum Gasteiger partial charge on any atom is 0.239 e. The topological polar surface area (TPSA) is 67.3 Å². The molecule has 1 heterocycles. The molecule has 1 aromatic carbocycles. The average molecular weight is 338 g/mol. The first-order chi connectivity index (χ1) is 11.1. The van der Waals surface area contributed by atoms with Gasteiger partial charge in [0.25, 0.3) is 0 Å². The molecule has 0 atom stereocenters. The fourth-order valence-corrected chi connectivity index (χ4v) is 2.53. The summed E-state index contributed by atoms with van der Waals surface area (Å²) in [6, 6.07) is 6.25. The van der Waals surface area contributed by atoms with Gasteiger partial charge in [-0.3, -0.25) is 4.79 Å². The van der Waals surface area contributed by atoms with E-state index in [1.807, 2.05) is 0 Å². The van der Waals surface area contributed by atoms with E-state index in [1.165, 1.54) is 23.7 Å². The van der Waals surface area contributed by atoms with Gasteiger partial charge < -0.3 is 15.0 Å². The zero-order chi connectivity index (χ0) is 16.7. The molecular weight excluding hydrogens is 319 g/mol. The number of carbonyl (C=O) groups excluding carboxylic acids is 1. The monoisotopic (exact) mass is 338 g/mol. The summed E-state index contributed by atoms with van der Waals surface area (Å²) in [6.45, 7) is 1.17. The Kier molecular flexibility index (Phi) is 6.42. The summed E-state index contributed by atoms with van der Waals surface area (Å²) < 4.78 is 22.0. The Labute approximate surface area is 138 Å². The summed E-state index contributed by atoms with van der Waals surface area (Å²) in [5.41, 5.74) is 0.940. The van der Waals surface area contributed by atoms with Crippen LogP contribution in [0.3, 0.4) is 0 Å². The van der Waals surface area contributed by atoms with Crippen LogP contribution in [0.1, 0.15) is 11.4 Å². The van der Waals surface area contributed by atoms with E-state index in [0.717, 1.165) is 5.56 Å². The standard InChI is InChI=1S/C15H19FN4O2S/c1-20(10-14(21)17-7-8-22-2)15-18-13(19-23-15)9-11-3-5-12(16)6-4-11/h3-6H,7-10H2,1-2H3,(H,17,21). The number of nitrogens with zero attached hydrogens (tertiary/aromatic N) is 3. The molecule has 0 unspecified atom stereocenters. The summed E-state index contributed by atoms with van der Waals surface area (Å²) in [7, 11) is 3.38. The van der Waals surface area contributed by atoms with Gasteiger partial charge in [-0.2, -0.15) is 4.37 Å². The summed E-state index contributed by atoms with van der Waals surface area (Å²) in [6.07, 6.45) is 0.532. The van der Waals surface area contributed by atoms with Gasteiger partial charge in [-0.05, 0) is 17.7 Å². The minimum absolute atomic E-state index is 0.0974. The van der Waals surface area contributed by atoms with E-state index in [1.54, 1.807) is 31.2 Å². The fourth-order valence-electron chi connectivity index (χ4n) is 1.89. The number of carbonyl (C=O) groups is 1. The van der Waals surface area contributed by atoms with Crippen LogP contribution in [0.25, 0.3) is 0 Å². The van der Waals surface area contributed by atoms with Gasteiger partial charge in [-0.25, -0.2) is 9.37 Å². The molecule has 0 aliphatic heterocycles. The van der Waals surface area contributed by atoms with Gasteiger partial charge in [0.15, 0.2) is 0 Å². The number of amides is 1. The summed E-state index contributed by atoms with van der Waals surface area (Å²) in [5.74, 6) is 0.294. The second-order valence-electron chi connectivity index (χ2n) is 5.00. The van der Waals surface area contributed by atoms with Gasteiger partial charge in [0.2, 0.25) is 11.0 Å². The third kappa shape index (κ3) is 5.57. The van der Waals surface area contributed by atoms with Gasteiger partial charge in [0, 0.05) is 38.7 Å². The fraction of sp³-hybridized carbons (Fsp3) is 0.400. The molecule has 0 saturated heterocycles. The lowest BCUT2D eigenvalue weighted by Gasteiger charge is -2.14. The highest BCUT2D eigenvalue weighted by Gasteiger charge is 2.12. The lowest BCUT2D eigenvalue weighted by atomic mass is 10.1. The van der Waals surface area contributed by atoms with E-state index in [0.29, 0.717) is 30.5 Å². The van der Waals surface area contributed by atoms with Crippen LogP contribution in [0.2, 0.25) is 0 Å². The minimum atomic E-state index is -0.264. The maximum absolute atomic E-state index is 12.9. The number of likely N-dealkylation sites (N-methyl/N-ethyl adjacent to an activating group) is 1. The molecule has 23 heavy (non-hydrogen) atoms. The number of benzene rings is 1. The van der Waals surface area contributed by atoms with E-state index in [9.17, 15) is 9.18 Å². The van der Waals surface area contributed by atoms with Crippen LogP contribution in [0.15, 0.2) is 24.3 Å². The molecule has 8 heteroatoms. The molecule has 1 aromatic heterocycles. The van der Waals surface area contributed by atoms with Crippen molar-refractivity contribution in [1.82, 2.24) is 14.7 Å². The highest BCUT2D eigenvalue weighted by atomic mass is 32.1. The lowest BCUT2D eigenvalue weighted by Crippen LogP contribution is -2.36. The third-order valence-corrected chi connectivity index (χ3v) is 3.94. The second-order valence-corrected chi connectivity index (χ2v) is 5.73. The molecule has 0 saturated carbocycles. The molecule has 1 N–H and O–H groups in total. The van der Waals surface area contributed by atoms with Crippen molar-refractivity contribution in [1.29, 1.82) is 0 Å². The molecule has 0 spiro atoms. The highest BCUT2D eigenvalue weighted by molar-refractivity contribution is 7.09. The lowest BCUT2D eigenvalue weighted by molar-refractivity contribution is -0.119. The Hall–Kier alpha value is -2.06. The first-order valence-electron chi connectivity index (χ1n) is 7.12. The van der Waals surface area contributed by atoms with E-state index in [-0.39, 0.29) is 18.3 Å². The molecule has 0 aliphatic carbocycles. The number of halogens is 1. The number of hydrogen-bond donors (Lipinski definition) is 1. The number of nitrogens with one attached hydrogen (secondary N) is 1. The van der Waals surface area contributed by atoms with Gasteiger partial charge in [0.1, 0.15) is 11.6 Å².